The predicted molar refractivity (Wildman–Crippen MR) is 130 cm³/mol. The number of rotatable bonds is 5. The van der Waals surface area contributed by atoms with Gasteiger partial charge in [-0.25, -0.2) is 14.8 Å². The highest BCUT2D eigenvalue weighted by Gasteiger charge is 2.33. The van der Waals surface area contributed by atoms with Crippen molar-refractivity contribution in [1.29, 1.82) is 0 Å². The number of carboxylic acids is 1. The van der Waals surface area contributed by atoms with Gasteiger partial charge in [0.15, 0.2) is 5.89 Å². The number of hydrogen-bond acceptors (Lipinski definition) is 6. The van der Waals surface area contributed by atoms with Gasteiger partial charge in [0, 0.05) is 30.5 Å². The Kier molecular flexibility index (Phi) is 6.25. The molecule has 1 amide bonds. The van der Waals surface area contributed by atoms with Crippen LogP contribution in [0.3, 0.4) is 0 Å². The van der Waals surface area contributed by atoms with E-state index in [2.05, 4.69) is 15.6 Å². The molecular weight excluding hydrogens is 448 g/mol. The zero-order valence-electron chi connectivity index (χ0n) is 20.5. The zero-order valence-corrected chi connectivity index (χ0v) is 20.5. The van der Waals surface area contributed by atoms with Gasteiger partial charge >= 0.3 is 12.1 Å². The molecule has 3 aromatic rings. The highest BCUT2D eigenvalue weighted by Crippen LogP contribution is 2.40. The van der Waals surface area contributed by atoms with Crippen molar-refractivity contribution in [1.82, 2.24) is 14.5 Å². The molecule has 0 spiro atoms. The molecule has 1 atom stereocenters. The molecule has 1 saturated carbocycles. The molecule has 2 aliphatic rings. The number of carbonyl (C=O) groups is 2. The number of aromatic nitrogens is 3. The lowest BCUT2D eigenvalue weighted by Crippen LogP contribution is -2.42. The summed E-state index contributed by atoms with van der Waals surface area (Å²) in [6.07, 6.45) is 7.20. The second kappa shape index (κ2) is 9.36. The van der Waals surface area contributed by atoms with E-state index in [-0.39, 0.29) is 24.1 Å². The molecule has 2 aromatic heterocycles. The Morgan fingerprint density at radius 1 is 1.14 bits per heavy atom. The van der Waals surface area contributed by atoms with E-state index in [1.54, 1.807) is 11.2 Å². The Morgan fingerprint density at radius 3 is 2.57 bits per heavy atom. The molecule has 0 bridgehead atoms. The van der Waals surface area contributed by atoms with Crippen LogP contribution in [0.15, 0.2) is 22.8 Å². The van der Waals surface area contributed by atoms with E-state index in [4.69, 9.17) is 14.1 Å². The Labute approximate surface area is 204 Å². The molecule has 0 saturated heterocycles. The van der Waals surface area contributed by atoms with Crippen LogP contribution in [0.1, 0.15) is 68.0 Å². The summed E-state index contributed by atoms with van der Waals surface area (Å²) in [5.74, 6) is 0.654. The van der Waals surface area contributed by atoms with E-state index in [1.807, 2.05) is 19.9 Å². The fraction of sp³-hybridized carbons (Fsp3) is 0.538. The first kappa shape index (κ1) is 23.4. The van der Waals surface area contributed by atoms with E-state index in [9.17, 15) is 14.7 Å². The zero-order chi connectivity index (χ0) is 24.7. The summed E-state index contributed by atoms with van der Waals surface area (Å²) in [5.41, 5.74) is 4.74. The lowest BCUT2D eigenvalue weighted by molar-refractivity contribution is -0.143. The summed E-state index contributed by atoms with van der Waals surface area (Å²) in [4.78, 5) is 35.4. The van der Waals surface area contributed by atoms with Crippen molar-refractivity contribution in [3.63, 3.8) is 0 Å². The van der Waals surface area contributed by atoms with Gasteiger partial charge in [0.05, 0.1) is 35.4 Å². The molecule has 35 heavy (non-hydrogen) atoms. The number of oxazole rings is 1. The highest BCUT2D eigenvalue weighted by molar-refractivity contribution is 5.95. The third-order valence-electron chi connectivity index (χ3n) is 7.54. The first-order valence-electron chi connectivity index (χ1n) is 12.4. The lowest BCUT2D eigenvalue weighted by atomic mass is 9.85. The number of aliphatic carboxylic acids is 1. The van der Waals surface area contributed by atoms with E-state index < -0.39 is 5.97 Å². The van der Waals surface area contributed by atoms with Gasteiger partial charge in [-0.1, -0.05) is 0 Å². The molecule has 186 valence electrons. The van der Waals surface area contributed by atoms with Crippen molar-refractivity contribution in [2.75, 3.05) is 12.0 Å². The number of anilines is 1. The highest BCUT2D eigenvalue weighted by atomic mass is 16.5. The molecule has 0 radical (unpaired) electrons. The summed E-state index contributed by atoms with van der Waals surface area (Å²) in [7, 11) is 1.41. The van der Waals surface area contributed by atoms with Gasteiger partial charge in [0.1, 0.15) is 12.1 Å². The van der Waals surface area contributed by atoms with Crippen LogP contribution >= 0.6 is 0 Å². The van der Waals surface area contributed by atoms with Gasteiger partial charge < -0.3 is 18.8 Å². The summed E-state index contributed by atoms with van der Waals surface area (Å²) < 4.78 is 12.9. The predicted octanol–water partition coefficient (Wildman–Crippen LogP) is 4.84. The number of carbonyl (C=O) groups excluding carboxylic acids is 1. The Balaban J connectivity index is 1.56. The molecule has 9 heteroatoms. The molecule has 1 aliphatic heterocycles. The van der Waals surface area contributed by atoms with E-state index >= 15 is 0 Å². The second-order valence-electron chi connectivity index (χ2n) is 9.78. The monoisotopic (exact) mass is 480 g/mol. The Morgan fingerprint density at radius 2 is 1.91 bits per heavy atom. The SMILES string of the molecule is COC(=O)N1c2ccc3c(nc(CCc4nc(C)co4)n3C3CCC(C(=O)O)CC3)c2CC[C@@H]1C. The molecular formula is C26H32N4O5. The van der Waals surface area contributed by atoms with Gasteiger partial charge in [-0.05, 0) is 64.5 Å². The summed E-state index contributed by atoms with van der Waals surface area (Å²) in [6.45, 7) is 3.94. The topological polar surface area (TPSA) is 111 Å². The van der Waals surface area contributed by atoms with Crippen LogP contribution in [0.2, 0.25) is 0 Å². The summed E-state index contributed by atoms with van der Waals surface area (Å²) in [5, 5.41) is 9.46. The van der Waals surface area contributed by atoms with Gasteiger partial charge in [0.25, 0.3) is 0 Å². The minimum absolute atomic E-state index is 0.0496. The molecule has 1 fully saturated rings. The van der Waals surface area contributed by atoms with Crippen LogP contribution < -0.4 is 4.90 Å². The van der Waals surface area contributed by atoms with Crippen molar-refractivity contribution >= 4 is 28.8 Å². The maximum Gasteiger partial charge on any atom is 0.414 e. The minimum Gasteiger partial charge on any atom is -0.481 e. The summed E-state index contributed by atoms with van der Waals surface area (Å²) >= 11 is 0. The van der Waals surface area contributed by atoms with Crippen LogP contribution in [0.4, 0.5) is 10.5 Å². The number of amides is 1. The standard InChI is InChI=1S/C26H32N4O5/c1-15-14-35-23(27-15)13-12-22-28-24-19-9-4-16(2)29(26(33)34-3)20(19)10-11-21(24)30(22)18-7-5-17(6-8-18)25(31)32/h10-11,14,16-18H,4-9,12-13H2,1-3H3,(H,31,32)/t16-,17?,18?/m0/s1. The third-order valence-corrected chi connectivity index (χ3v) is 7.54. The number of aryl methyl sites for hydroxylation is 4. The first-order chi connectivity index (χ1) is 16.9. The number of nitrogens with zero attached hydrogens (tertiary/aromatic N) is 4. The van der Waals surface area contributed by atoms with Crippen LogP contribution in [0.5, 0.6) is 0 Å². The molecule has 1 aliphatic carbocycles. The van der Waals surface area contributed by atoms with Gasteiger partial charge in [0.2, 0.25) is 0 Å². The third kappa shape index (κ3) is 4.28. The lowest BCUT2D eigenvalue weighted by Gasteiger charge is -2.34. The first-order valence-corrected chi connectivity index (χ1v) is 12.4. The number of imidazole rings is 1. The average Bonchev–Trinajstić information content (AvgIpc) is 3.45. The molecule has 9 nitrogen and oxygen atoms in total. The smallest absolute Gasteiger partial charge is 0.414 e. The van der Waals surface area contributed by atoms with Crippen LogP contribution in [0, 0.1) is 12.8 Å². The second-order valence-corrected chi connectivity index (χ2v) is 9.78. The largest absolute Gasteiger partial charge is 0.481 e. The maximum atomic E-state index is 12.6. The number of benzene rings is 1. The van der Waals surface area contributed by atoms with Crippen molar-refractivity contribution in [3.8, 4) is 0 Å². The van der Waals surface area contributed by atoms with Gasteiger partial charge in [-0.15, -0.1) is 0 Å². The number of fused-ring (bicyclic) bond motifs is 3. The summed E-state index contributed by atoms with van der Waals surface area (Å²) in [6, 6.07) is 4.30. The molecule has 3 heterocycles. The van der Waals surface area contributed by atoms with Gasteiger partial charge in [-0.2, -0.15) is 0 Å². The quantitative estimate of drug-likeness (QED) is 0.556. The van der Waals surface area contributed by atoms with Gasteiger partial charge in [-0.3, -0.25) is 9.69 Å². The van der Waals surface area contributed by atoms with Crippen molar-refractivity contribution in [3.05, 3.63) is 41.4 Å². The Hall–Kier alpha value is -3.36. The van der Waals surface area contributed by atoms with Crippen molar-refractivity contribution in [2.24, 2.45) is 5.92 Å². The Bertz CT molecular complexity index is 1250. The van der Waals surface area contributed by atoms with Crippen LogP contribution in [-0.2, 0) is 28.8 Å². The fourth-order valence-corrected chi connectivity index (χ4v) is 5.72. The number of carboxylic acid groups (broad SMARTS) is 1. The number of hydrogen-bond donors (Lipinski definition) is 1. The number of methoxy groups -OCH3 is 1. The van der Waals surface area contributed by atoms with Crippen LogP contribution in [0.25, 0.3) is 11.0 Å². The van der Waals surface area contributed by atoms with Crippen molar-refractivity contribution < 1.29 is 23.8 Å². The molecule has 1 N–H and O–H groups in total. The van der Waals surface area contributed by atoms with E-state index in [0.717, 1.165) is 59.5 Å². The van der Waals surface area contributed by atoms with Crippen molar-refractivity contribution in [2.45, 2.75) is 77.3 Å². The molecule has 0 unspecified atom stereocenters. The maximum absolute atomic E-state index is 12.6. The molecule has 5 rings (SSSR count). The average molecular weight is 481 g/mol. The molecule has 1 aromatic carbocycles. The normalized spacial score (nSPS) is 22.3. The van der Waals surface area contributed by atoms with E-state index in [0.29, 0.717) is 31.6 Å². The fourth-order valence-electron chi connectivity index (χ4n) is 5.72. The van der Waals surface area contributed by atoms with E-state index in [1.165, 1.54) is 7.11 Å². The minimum atomic E-state index is -0.704. The van der Waals surface area contributed by atoms with Crippen LogP contribution in [-0.4, -0.2) is 44.9 Å². The number of ether oxygens (including phenoxy) is 1.